The highest BCUT2D eigenvalue weighted by Crippen LogP contribution is 2.28. The second-order valence-corrected chi connectivity index (χ2v) is 5.59. The van der Waals surface area contributed by atoms with Crippen molar-refractivity contribution in [1.29, 1.82) is 0 Å². The van der Waals surface area contributed by atoms with Crippen molar-refractivity contribution in [3.05, 3.63) is 22.4 Å². The first kappa shape index (κ1) is 12.6. The maximum atomic E-state index is 12.1. The molecule has 4 heteroatoms. The van der Waals surface area contributed by atoms with Crippen molar-refractivity contribution < 1.29 is 4.79 Å². The Morgan fingerprint density at radius 3 is 3.06 bits per heavy atom. The molecule has 0 aromatic carbocycles. The Morgan fingerprint density at radius 2 is 2.41 bits per heavy atom. The maximum Gasteiger partial charge on any atom is 0.227 e. The van der Waals surface area contributed by atoms with Gasteiger partial charge in [-0.25, -0.2) is 0 Å². The highest BCUT2D eigenvalue weighted by Gasteiger charge is 2.31. The average Bonchev–Trinajstić information content (AvgIpc) is 2.97. The molecule has 0 bridgehead atoms. The lowest BCUT2D eigenvalue weighted by atomic mass is 10.0. The molecule has 94 valence electrons. The first-order chi connectivity index (χ1) is 8.22. The van der Waals surface area contributed by atoms with Crippen molar-refractivity contribution in [2.75, 3.05) is 13.6 Å². The summed E-state index contributed by atoms with van der Waals surface area (Å²) in [4.78, 5) is 14.1. The molecule has 1 aliphatic carbocycles. The van der Waals surface area contributed by atoms with E-state index in [1.807, 2.05) is 28.8 Å². The molecule has 1 fully saturated rings. The number of nitrogens with zero attached hydrogens (tertiary/aromatic N) is 1. The first-order valence-corrected chi connectivity index (χ1v) is 7.13. The van der Waals surface area contributed by atoms with Gasteiger partial charge in [0, 0.05) is 13.1 Å². The van der Waals surface area contributed by atoms with Gasteiger partial charge in [0.2, 0.25) is 5.91 Å². The number of hydrogen-bond donors (Lipinski definition) is 1. The van der Waals surface area contributed by atoms with Crippen LogP contribution < -0.4 is 5.73 Å². The number of carbonyl (C=O) groups is 1. The van der Waals surface area contributed by atoms with E-state index in [2.05, 4.69) is 0 Å². The third-order valence-electron chi connectivity index (χ3n) is 3.75. The Morgan fingerprint density at radius 1 is 1.59 bits per heavy atom. The summed E-state index contributed by atoms with van der Waals surface area (Å²) in [5, 5.41) is 4.06. The van der Waals surface area contributed by atoms with Crippen molar-refractivity contribution >= 4 is 17.2 Å². The van der Waals surface area contributed by atoms with Crippen LogP contribution in [-0.2, 0) is 11.2 Å². The van der Waals surface area contributed by atoms with Crippen LogP contribution in [0.15, 0.2) is 16.8 Å². The Hall–Kier alpha value is -0.870. The van der Waals surface area contributed by atoms with Crippen LogP contribution in [-0.4, -0.2) is 30.4 Å². The van der Waals surface area contributed by atoms with Gasteiger partial charge >= 0.3 is 0 Å². The van der Waals surface area contributed by atoms with Crippen LogP contribution in [0.2, 0.25) is 0 Å². The molecule has 1 aliphatic rings. The Balaban J connectivity index is 1.94. The molecule has 1 aromatic heterocycles. The SMILES string of the molecule is CN(C(=O)Cc1ccsc1)C1CCCC1CN. The van der Waals surface area contributed by atoms with E-state index in [-0.39, 0.29) is 5.91 Å². The van der Waals surface area contributed by atoms with Gasteiger partial charge in [-0.1, -0.05) is 6.42 Å². The highest BCUT2D eigenvalue weighted by atomic mass is 32.1. The van der Waals surface area contributed by atoms with Gasteiger partial charge in [-0.3, -0.25) is 4.79 Å². The second-order valence-electron chi connectivity index (χ2n) is 4.81. The molecule has 0 saturated heterocycles. The van der Waals surface area contributed by atoms with Gasteiger partial charge in [0.25, 0.3) is 0 Å². The minimum Gasteiger partial charge on any atom is -0.342 e. The molecule has 1 aromatic rings. The van der Waals surface area contributed by atoms with Gasteiger partial charge in [0.05, 0.1) is 6.42 Å². The summed E-state index contributed by atoms with van der Waals surface area (Å²) in [6, 6.07) is 2.37. The first-order valence-electron chi connectivity index (χ1n) is 6.19. The van der Waals surface area contributed by atoms with E-state index in [9.17, 15) is 4.79 Å². The minimum atomic E-state index is 0.216. The molecule has 2 unspecified atom stereocenters. The van der Waals surface area contributed by atoms with Crippen molar-refractivity contribution in [1.82, 2.24) is 4.90 Å². The smallest absolute Gasteiger partial charge is 0.227 e. The number of hydrogen-bond acceptors (Lipinski definition) is 3. The molecule has 0 radical (unpaired) electrons. The lowest BCUT2D eigenvalue weighted by Crippen LogP contribution is -2.42. The van der Waals surface area contributed by atoms with Gasteiger partial charge < -0.3 is 10.6 Å². The molecular weight excluding hydrogens is 232 g/mol. The Bertz CT molecular complexity index is 364. The zero-order valence-electron chi connectivity index (χ0n) is 10.3. The highest BCUT2D eigenvalue weighted by molar-refractivity contribution is 7.07. The molecule has 0 spiro atoms. The average molecular weight is 252 g/mol. The summed E-state index contributed by atoms with van der Waals surface area (Å²) in [6.45, 7) is 0.695. The monoisotopic (exact) mass is 252 g/mol. The lowest BCUT2D eigenvalue weighted by molar-refractivity contribution is -0.131. The predicted molar refractivity (Wildman–Crippen MR) is 71.0 cm³/mol. The fourth-order valence-electron chi connectivity index (χ4n) is 2.68. The van der Waals surface area contributed by atoms with Gasteiger partial charge in [0.15, 0.2) is 0 Å². The third-order valence-corrected chi connectivity index (χ3v) is 4.48. The molecule has 1 amide bonds. The van der Waals surface area contributed by atoms with E-state index < -0.39 is 0 Å². The van der Waals surface area contributed by atoms with Gasteiger partial charge in [-0.2, -0.15) is 11.3 Å². The summed E-state index contributed by atoms with van der Waals surface area (Å²) in [6.07, 6.45) is 3.99. The normalized spacial score (nSPS) is 23.9. The number of nitrogens with two attached hydrogens (primary N) is 1. The van der Waals surface area contributed by atoms with Crippen molar-refractivity contribution in [2.24, 2.45) is 11.7 Å². The van der Waals surface area contributed by atoms with Gasteiger partial charge in [0.1, 0.15) is 0 Å². The van der Waals surface area contributed by atoms with Crippen molar-refractivity contribution in [3.63, 3.8) is 0 Å². The Kier molecular flexibility index (Phi) is 4.18. The summed E-state index contributed by atoms with van der Waals surface area (Å²) in [5.74, 6) is 0.708. The summed E-state index contributed by atoms with van der Waals surface area (Å²) in [5.41, 5.74) is 6.88. The summed E-state index contributed by atoms with van der Waals surface area (Å²) < 4.78 is 0. The van der Waals surface area contributed by atoms with Crippen LogP contribution in [0, 0.1) is 5.92 Å². The number of likely N-dealkylation sites (N-methyl/N-ethyl adjacent to an activating group) is 1. The molecule has 1 heterocycles. The lowest BCUT2D eigenvalue weighted by Gasteiger charge is -2.29. The number of rotatable bonds is 4. The fourth-order valence-corrected chi connectivity index (χ4v) is 3.35. The molecule has 2 atom stereocenters. The molecule has 3 nitrogen and oxygen atoms in total. The molecular formula is C13H20N2OS. The second kappa shape index (κ2) is 5.65. The summed E-state index contributed by atoms with van der Waals surface area (Å²) in [7, 11) is 1.92. The van der Waals surface area contributed by atoms with Crippen LogP contribution in [0.1, 0.15) is 24.8 Å². The zero-order chi connectivity index (χ0) is 12.3. The number of amides is 1. The maximum absolute atomic E-state index is 12.1. The van der Waals surface area contributed by atoms with E-state index in [1.165, 1.54) is 6.42 Å². The summed E-state index contributed by atoms with van der Waals surface area (Å²) >= 11 is 1.64. The van der Waals surface area contributed by atoms with Crippen LogP contribution in [0.5, 0.6) is 0 Å². The number of carbonyl (C=O) groups excluding carboxylic acids is 1. The predicted octanol–water partition coefficient (Wildman–Crippen LogP) is 1.88. The topological polar surface area (TPSA) is 46.3 Å². The third kappa shape index (κ3) is 2.87. The van der Waals surface area contributed by atoms with E-state index in [0.717, 1.165) is 18.4 Å². The molecule has 1 saturated carbocycles. The molecule has 17 heavy (non-hydrogen) atoms. The van der Waals surface area contributed by atoms with Crippen LogP contribution in [0.3, 0.4) is 0 Å². The largest absolute Gasteiger partial charge is 0.342 e. The van der Waals surface area contributed by atoms with E-state index >= 15 is 0 Å². The fraction of sp³-hybridized carbons (Fsp3) is 0.615. The van der Waals surface area contributed by atoms with Crippen LogP contribution in [0.25, 0.3) is 0 Å². The van der Waals surface area contributed by atoms with E-state index in [0.29, 0.717) is 24.9 Å². The van der Waals surface area contributed by atoms with E-state index in [1.54, 1.807) is 11.3 Å². The Labute approximate surface area is 107 Å². The van der Waals surface area contributed by atoms with Gasteiger partial charge in [-0.05, 0) is 47.7 Å². The molecule has 2 rings (SSSR count). The van der Waals surface area contributed by atoms with Crippen molar-refractivity contribution in [2.45, 2.75) is 31.7 Å². The molecule has 2 N–H and O–H groups in total. The van der Waals surface area contributed by atoms with Crippen LogP contribution >= 0.6 is 11.3 Å². The minimum absolute atomic E-state index is 0.216. The molecule has 0 aliphatic heterocycles. The van der Waals surface area contributed by atoms with Crippen LogP contribution in [0.4, 0.5) is 0 Å². The van der Waals surface area contributed by atoms with Gasteiger partial charge in [-0.15, -0.1) is 0 Å². The van der Waals surface area contributed by atoms with E-state index in [4.69, 9.17) is 5.73 Å². The zero-order valence-corrected chi connectivity index (χ0v) is 11.1. The quantitative estimate of drug-likeness (QED) is 0.889. The number of thiophene rings is 1. The van der Waals surface area contributed by atoms with Crippen molar-refractivity contribution in [3.8, 4) is 0 Å². The standard InChI is InChI=1S/C13H20N2OS/c1-15(12-4-2-3-11(12)8-14)13(16)7-10-5-6-17-9-10/h5-6,9,11-12H,2-4,7-8,14H2,1H3.